The van der Waals surface area contributed by atoms with Gasteiger partial charge in [-0.15, -0.1) is 0 Å². The van der Waals surface area contributed by atoms with E-state index >= 15 is 0 Å². The van der Waals surface area contributed by atoms with E-state index in [2.05, 4.69) is 5.32 Å². The molecule has 8 heteroatoms. The summed E-state index contributed by atoms with van der Waals surface area (Å²) in [6.45, 7) is 4.83. The lowest BCUT2D eigenvalue weighted by Gasteiger charge is -2.20. The van der Waals surface area contributed by atoms with Crippen LogP contribution in [0.25, 0.3) is 11.0 Å². The minimum absolute atomic E-state index is 0.113. The molecule has 0 spiro atoms. The van der Waals surface area contributed by atoms with Crippen molar-refractivity contribution in [3.63, 3.8) is 0 Å². The quantitative estimate of drug-likeness (QED) is 0.470. The summed E-state index contributed by atoms with van der Waals surface area (Å²) in [6, 6.07) is 4.40. The van der Waals surface area contributed by atoms with E-state index in [4.69, 9.17) is 9.15 Å². The number of nitrogens with zero attached hydrogens (tertiary/aromatic N) is 1. The van der Waals surface area contributed by atoms with Gasteiger partial charge in [0.2, 0.25) is 0 Å². The molecule has 2 heterocycles. The molecule has 1 N–H and O–H groups in total. The summed E-state index contributed by atoms with van der Waals surface area (Å²) < 4.78 is 10.6. The van der Waals surface area contributed by atoms with Crippen LogP contribution in [0.5, 0.6) is 0 Å². The Hall–Kier alpha value is -3.16. The van der Waals surface area contributed by atoms with Crippen molar-refractivity contribution < 1.29 is 23.5 Å². The maximum Gasteiger partial charge on any atom is 0.336 e. The fourth-order valence-electron chi connectivity index (χ4n) is 3.77. The Kier molecular flexibility index (Phi) is 4.44. The van der Waals surface area contributed by atoms with Crippen molar-refractivity contribution in [2.45, 2.75) is 45.8 Å². The van der Waals surface area contributed by atoms with Crippen LogP contribution >= 0.6 is 0 Å². The number of aryl methyl sites for hydroxylation is 2. The highest BCUT2D eigenvalue weighted by atomic mass is 16.5. The topological polar surface area (TPSA) is 106 Å². The van der Waals surface area contributed by atoms with Crippen LogP contribution in [-0.4, -0.2) is 34.9 Å². The van der Waals surface area contributed by atoms with Crippen LogP contribution in [0, 0.1) is 19.8 Å². The van der Waals surface area contributed by atoms with Gasteiger partial charge in [-0.25, -0.2) is 9.59 Å². The molecular formula is C21H22N2O6. The molecule has 1 saturated carbocycles. The lowest BCUT2D eigenvalue weighted by Crippen LogP contribution is -2.46. The second-order valence-corrected chi connectivity index (χ2v) is 7.93. The predicted octanol–water partition coefficient (Wildman–Crippen LogP) is 2.17. The van der Waals surface area contributed by atoms with Crippen LogP contribution in [0.3, 0.4) is 0 Å². The number of rotatable bonds is 5. The Bertz CT molecular complexity index is 1100. The molecule has 3 amide bonds. The maximum absolute atomic E-state index is 12.6. The average Bonchev–Trinajstić information content (AvgIpc) is 3.49. The first kappa shape index (κ1) is 19.2. The number of benzene rings is 1. The zero-order valence-corrected chi connectivity index (χ0v) is 16.5. The third-order valence-corrected chi connectivity index (χ3v) is 5.89. The van der Waals surface area contributed by atoms with Gasteiger partial charge in [0.25, 0.3) is 5.91 Å². The molecule has 1 aromatic heterocycles. The molecule has 0 bridgehead atoms. The Morgan fingerprint density at radius 2 is 2.00 bits per heavy atom. The minimum atomic E-state index is -0.943. The van der Waals surface area contributed by atoms with Gasteiger partial charge < -0.3 is 14.5 Å². The van der Waals surface area contributed by atoms with Crippen LogP contribution in [0.15, 0.2) is 27.4 Å². The summed E-state index contributed by atoms with van der Waals surface area (Å²) in [5, 5.41) is 3.37. The van der Waals surface area contributed by atoms with E-state index < -0.39 is 35.6 Å². The number of carbonyl (C=O) groups is 3. The number of nitrogens with one attached hydrogen (secondary N) is 1. The molecule has 2 aliphatic rings. The molecule has 1 aromatic carbocycles. The summed E-state index contributed by atoms with van der Waals surface area (Å²) >= 11 is 0. The number of hydrogen-bond donors (Lipinski definition) is 1. The molecule has 29 heavy (non-hydrogen) atoms. The standard InChI is InChI=1S/C21H22N2O6/c1-11-4-7-15-13(8-16(24)29-18(15)12(11)2)10-28-17(25)9-23-19(26)21(3,14-5-6-14)22-20(23)27/h4,7-8,14H,5-6,9-10H2,1-3H3,(H,22,27)/t21-/m0/s1. The number of hydrogen-bond acceptors (Lipinski definition) is 6. The normalized spacial score (nSPS) is 21.6. The van der Waals surface area contributed by atoms with Gasteiger partial charge in [-0.2, -0.15) is 0 Å². The monoisotopic (exact) mass is 398 g/mol. The van der Waals surface area contributed by atoms with Gasteiger partial charge in [0.05, 0.1) is 0 Å². The van der Waals surface area contributed by atoms with Gasteiger partial charge >= 0.3 is 17.6 Å². The van der Waals surface area contributed by atoms with E-state index in [0.29, 0.717) is 16.5 Å². The number of ether oxygens (including phenoxy) is 1. The fourth-order valence-corrected chi connectivity index (χ4v) is 3.77. The fraction of sp³-hybridized carbons (Fsp3) is 0.429. The highest BCUT2D eigenvalue weighted by Gasteiger charge is 2.56. The van der Waals surface area contributed by atoms with Gasteiger partial charge in [-0.1, -0.05) is 12.1 Å². The molecule has 0 unspecified atom stereocenters. The van der Waals surface area contributed by atoms with Crippen LogP contribution in [0.2, 0.25) is 0 Å². The molecule has 1 aliphatic carbocycles. The molecule has 4 rings (SSSR count). The lowest BCUT2D eigenvalue weighted by molar-refractivity contribution is -0.148. The van der Waals surface area contributed by atoms with Crippen LogP contribution in [0.1, 0.15) is 36.5 Å². The first-order valence-corrected chi connectivity index (χ1v) is 9.53. The highest BCUT2D eigenvalue weighted by Crippen LogP contribution is 2.42. The van der Waals surface area contributed by atoms with E-state index in [0.717, 1.165) is 28.9 Å². The first-order chi connectivity index (χ1) is 13.7. The zero-order chi connectivity index (χ0) is 20.9. The minimum Gasteiger partial charge on any atom is -0.459 e. The van der Waals surface area contributed by atoms with Crippen molar-refractivity contribution in [2.24, 2.45) is 5.92 Å². The molecule has 8 nitrogen and oxygen atoms in total. The van der Waals surface area contributed by atoms with Crippen LogP contribution in [-0.2, 0) is 20.9 Å². The number of fused-ring (bicyclic) bond motifs is 1. The van der Waals surface area contributed by atoms with Gasteiger partial charge in [-0.3, -0.25) is 14.5 Å². The van der Waals surface area contributed by atoms with E-state index in [1.807, 2.05) is 26.0 Å². The van der Waals surface area contributed by atoms with E-state index in [-0.39, 0.29) is 12.5 Å². The van der Waals surface area contributed by atoms with E-state index in [1.54, 1.807) is 6.92 Å². The van der Waals surface area contributed by atoms with E-state index in [9.17, 15) is 19.2 Å². The predicted molar refractivity (Wildman–Crippen MR) is 103 cm³/mol. The van der Waals surface area contributed by atoms with Crippen molar-refractivity contribution in [3.05, 3.63) is 45.3 Å². The maximum atomic E-state index is 12.6. The number of imide groups is 1. The summed E-state index contributed by atoms with van der Waals surface area (Å²) in [7, 11) is 0. The van der Waals surface area contributed by atoms with Crippen molar-refractivity contribution >= 4 is 28.9 Å². The summed E-state index contributed by atoms with van der Waals surface area (Å²) in [5.74, 6) is -1.01. The number of esters is 1. The lowest BCUT2D eigenvalue weighted by atomic mass is 9.96. The molecule has 2 fully saturated rings. The van der Waals surface area contributed by atoms with Gasteiger partial charge in [0, 0.05) is 17.0 Å². The molecule has 2 aromatic rings. The number of amides is 3. The second kappa shape index (κ2) is 6.72. The zero-order valence-electron chi connectivity index (χ0n) is 16.5. The number of carbonyl (C=O) groups excluding carboxylic acids is 3. The molecule has 1 saturated heterocycles. The summed E-state index contributed by atoms with van der Waals surface area (Å²) in [6.07, 6.45) is 1.76. The highest BCUT2D eigenvalue weighted by molar-refractivity contribution is 6.08. The molecular weight excluding hydrogens is 376 g/mol. The van der Waals surface area contributed by atoms with Crippen molar-refractivity contribution in [3.8, 4) is 0 Å². The van der Waals surface area contributed by atoms with Crippen molar-refractivity contribution in [2.75, 3.05) is 6.54 Å². The largest absolute Gasteiger partial charge is 0.459 e. The Morgan fingerprint density at radius 3 is 2.69 bits per heavy atom. The Morgan fingerprint density at radius 1 is 1.28 bits per heavy atom. The van der Waals surface area contributed by atoms with Gasteiger partial charge in [0.1, 0.15) is 24.3 Å². The van der Waals surface area contributed by atoms with Gasteiger partial charge in [-0.05, 0) is 50.7 Å². The summed E-state index contributed by atoms with van der Waals surface area (Å²) in [4.78, 5) is 49.9. The number of urea groups is 1. The van der Waals surface area contributed by atoms with Crippen LogP contribution < -0.4 is 10.9 Å². The van der Waals surface area contributed by atoms with Gasteiger partial charge in [0.15, 0.2) is 0 Å². The summed E-state index contributed by atoms with van der Waals surface area (Å²) in [5.41, 5.74) is 1.30. The third kappa shape index (κ3) is 3.28. The van der Waals surface area contributed by atoms with Crippen molar-refractivity contribution in [1.29, 1.82) is 0 Å². The molecule has 152 valence electrons. The smallest absolute Gasteiger partial charge is 0.336 e. The van der Waals surface area contributed by atoms with E-state index in [1.165, 1.54) is 6.07 Å². The van der Waals surface area contributed by atoms with Crippen LogP contribution in [0.4, 0.5) is 4.79 Å². The molecule has 0 radical (unpaired) electrons. The van der Waals surface area contributed by atoms with Crippen molar-refractivity contribution in [1.82, 2.24) is 10.2 Å². The first-order valence-electron chi connectivity index (χ1n) is 9.53. The molecule has 1 aliphatic heterocycles. The third-order valence-electron chi connectivity index (χ3n) is 5.89. The molecule has 1 atom stereocenters. The Balaban J connectivity index is 1.48. The SMILES string of the molecule is Cc1ccc2c(COC(=O)CN3C(=O)N[C@@](C)(C4CC4)C3=O)cc(=O)oc2c1C. The Labute approximate surface area is 166 Å². The second-order valence-electron chi connectivity index (χ2n) is 7.93. The average molecular weight is 398 g/mol.